The van der Waals surface area contributed by atoms with Crippen LogP contribution in [0, 0.1) is 0 Å². The lowest BCUT2D eigenvalue weighted by molar-refractivity contribution is 0.0954. The van der Waals surface area contributed by atoms with E-state index in [9.17, 15) is 4.79 Å². The number of para-hydroxylation sites is 1. The number of hydrogen-bond donors (Lipinski definition) is 2. The normalized spacial score (nSPS) is 10.1. The molecular formula is C11H11N3O. The molecule has 0 fully saturated rings. The number of aromatic amines is 1. The predicted molar refractivity (Wildman–Crippen MR) is 58.6 cm³/mol. The molecule has 0 aliphatic heterocycles. The number of amides is 1. The van der Waals surface area contributed by atoms with Crippen LogP contribution in [0.5, 0.6) is 0 Å². The number of benzene rings is 1. The van der Waals surface area contributed by atoms with Crippen LogP contribution in [0.4, 0.5) is 0 Å². The number of carbonyl (C=O) groups is 1. The fraction of sp³-hybridized carbons (Fsp3) is 0.0909. The Hall–Kier alpha value is -2.10. The van der Waals surface area contributed by atoms with E-state index in [-0.39, 0.29) is 5.91 Å². The van der Waals surface area contributed by atoms with Crippen molar-refractivity contribution in [1.82, 2.24) is 15.5 Å². The van der Waals surface area contributed by atoms with Gasteiger partial charge in [-0.3, -0.25) is 9.89 Å². The summed E-state index contributed by atoms with van der Waals surface area (Å²) in [4.78, 5) is 11.6. The van der Waals surface area contributed by atoms with Crippen LogP contribution in [0.15, 0.2) is 36.9 Å². The third-order valence-corrected chi connectivity index (χ3v) is 2.09. The fourth-order valence-corrected chi connectivity index (χ4v) is 1.39. The minimum atomic E-state index is -0.188. The molecule has 0 atom stereocenters. The summed E-state index contributed by atoms with van der Waals surface area (Å²) in [6.07, 6.45) is 1.63. The maximum absolute atomic E-state index is 11.6. The van der Waals surface area contributed by atoms with E-state index in [0.29, 0.717) is 12.2 Å². The Morgan fingerprint density at radius 1 is 1.53 bits per heavy atom. The van der Waals surface area contributed by atoms with Crippen molar-refractivity contribution in [1.29, 1.82) is 0 Å². The summed E-state index contributed by atoms with van der Waals surface area (Å²) in [6.45, 7) is 3.98. The quantitative estimate of drug-likeness (QED) is 0.739. The maximum Gasteiger partial charge on any atom is 0.272 e. The lowest BCUT2D eigenvalue weighted by atomic mass is 10.2. The zero-order valence-corrected chi connectivity index (χ0v) is 8.16. The highest BCUT2D eigenvalue weighted by Gasteiger charge is 2.11. The fourth-order valence-electron chi connectivity index (χ4n) is 1.39. The minimum absolute atomic E-state index is 0.188. The standard InChI is InChI=1S/C11H11N3O/c1-2-7-12-11(15)10-8-5-3-4-6-9(8)13-14-10/h2-6H,1,7H2,(H,12,15)(H,13,14). The Morgan fingerprint density at radius 3 is 3.13 bits per heavy atom. The van der Waals surface area contributed by atoms with Gasteiger partial charge in [-0.1, -0.05) is 24.3 Å². The molecular weight excluding hydrogens is 190 g/mol. The van der Waals surface area contributed by atoms with E-state index >= 15 is 0 Å². The van der Waals surface area contributed by atoms with Crippen LogP contribution in [0.3, 0.4) is 0 Å². The van der Waals surface area contributed by atoms with E-state index in [1.54, 1.807) is 6.08 Å². The first-order valence-electron chi connectivity index (χ1n) is 4.65. The molecule has 1 aromatic heterocycles. The molecule has 0 spiro atoms. The topological polar surface area (TPSA) is 57.8 Å². The summed E-state index contributed by atoms with van der Waals surface area (Å²) in [5, 5.41) is 10.3. The second kappa shape index (κ2) is 3.96. The number of nitrogens with one attached hydrogen (secondary N) is 2. The van der Waals surface area contributed by atoms with E-state index in [0.717, 1.165) is 10.9 Å². The monoisotopic (exact) mass is 201 g/mol. The van der Waals surface area contributed by atoms with E-state index in [2.05, 4.69) is 22.1 Å². The van der Waals surface area contributed by atoms with Gasteiger partial charge in [0.1, 0.15) is 0 Å². The molecule has 0 unspecified atom stereocenters. The van der Waals surface area contributed by atoms with Crippen molar-refractivity contribution in [2.45, 2.75) is 0 Å². The van der Waals surface area contributed by atoms with Gasteiger partial charge in [0.05, 0.1) is 5.52 Å². The van der Waals surface area contributed by atoms with Crippen LogP contribution in [0.1, 0.15) is 10.5 Å². The summed E-state index contributed by atoms with van der Waals surface area (Å²) in [6, 6.07) is 7.52. The first-order valence-corrected chi connectivity index (χ1v) is 4.65. The lowest BCUT2D eigenvalue weighted by Crippen LogP contribution is -2.23. The van der Waals surface area contributed by atoms with Crippen molar-refractivity contribution in [2.24, 2.45) is 0 Å². The molecule has 76 valence electrons. The Bertz CT molecular complexity index is 501. The van der Waals surface area contributed by atoms with Crippen LogP contribution in [0.25, 0.3) is 10.9 Å². The summed E-state index contributed by atoms with van der Waals surface area (Å²) in [5.74, 6) is -0.188. The second-order valence-electron chi connectivity index (χ2n) is 3.12. The predicted octanol–water partition coefficient (Wildman–Crippen LogP) is 1.48. The lowest BCUT2D eigenvalue weighted by Gasteiger charge is -1.98. The molecule has 0 saturated carbocycles. The zero-order valence-electron chi connectivity index (χ0n) is 8.16. The van der Waals surface area contributed by atoms with Crippen LogP contribution < -0.4 is 5.32 Å². The third kappa shape index (κ3) is 1.74. The van der Waals surface area contributed by atoms with Crippen LogP contribution in [0.2, 0.25) is 0 Å². The molecule has 2 rings (SSSR count). The summed E-state index contributed by atoms with van der Waals surface area (Å²) >= 11 is 0. The Morgan fingerprint density at radius 2 is 2.33 bits per heavy atom. The van der Waals surface area contributed by atoms with Crippen molar-refractivity contribution >= 4 is 16.8 Å². The number of aromatic nitrogens is 2. The number of hydrogen-bond acceptors (Lipinski definition) is 2. The van der Waals surface area contributed by atoms with Crippen molar-refractivity contribution in [3.05, 3.63) is 42.6 Å². The van der Waals surface area contributed by atoms with E-state index in [1.807, 2.05) is 24.3 Å². The van der Waals surface area contributed by atoms with Gasteiger partial charge in [0.25, 0.3) is 5.91 Å². The van der Waals surface area contributed by atoms with E-state index in [4.69, 9.17) is 0 Å². The second-order valence-corrected chi connectivity index (χ2v) is 3.12. The SMILES string of the molecule is C=CCNC(=O)c1n[nH]c2ccccc12. The molecule has 1 aromatic carbocycles. The average molecular weight is 201 g/mol. The van der Waals surface area contributed by atoms with Gasteiger partial charge in [0.15, 0.2) is 5.69 Å². The third-order valence-electron chi connectivity index (χ3n) is 2.09. The van der Waals surface area contributed by atoms with Gasteiger partial charge >= 0.3 is 0 Å². The average Bonchev–Trinajstić information content (AvgIpc) is 2.69. The highest BCUT2D eigenvalue weighted by molar-refractivity contribution is 6.04. The van der Waals surface area contributed by atoms with Crippen LogP contribution in [-0.2, 0) is 0 Å². The van der Waals surface area contributed by atoms with Gasteiger partial charge in [-0.2, -0.15) is 5.10 Å². The van der Waals surface area contributed by atoms with Gasteiger partial charge in [-0.05, 0) is 6.07 Å². The highest BCUT2D eigenvalue weighted by atomic mass is 16.1. The molecule has 0 saturated heterocycles. The molecule has 4 nitrogen and oxygen atoms in total. The van der Waals surface area contributed by atoms with E-state index in [1.165, 1.54) is 0 Å². The van der Waals surface area contributed by atoms with Crippen molar-refractivity contribution < 1.29 is 4.79 Å². The molecule has 0 bridgehead atoms. The van der Waals surface area contributed by atoms with Crippen LogP contribution in [-0.4, -0.2) is 22.6 Å². The Labute approximate surface area is 87.0 Å². The first-order chi connectivity index (χ1) is 7.33. The van der Waals surface area contributed by atoms with Crippen molar-refractivity contribution in [3.63, 3.8) is 0 Å². The van der Waals surface area contributed by atoms with Crippen molar-refractivity contribution in [3.8, 4) is 0 Å². The molecule has 0 radical (unpaired) electrons. The molecule has 1 heterocycles. The molecule has 2 aromatic rings. The summed E-state index contributed by atoms with van der Waals surface area (Å²) in [7, 11) is 0. The number of carbonyl (C=O) groups excluding carboxylic acids is 1. The molecule has 2 N–H and O–H groups in total. The largest absolute Gasteiger partial charge is 0.347 e. The number of nitrogens with zero attached hydrogens (tertiary/aromatic N) is 1. The highest BCUT2D eigenvalue weighted by Crippen LogP contribution is 2.14. The van der Waals surface area contributed by atoms with Gasteiger partial charge in [-0.25, -0.2) is 0 Å². The van der Waals surface area contributed by atoms with Gasteiger partial charge < -0.3 is 5.32 Å². The maximum atomic E-state index is 11.6. The Kier molecular flexibility index (Phi) is 2.49. The smallest absolute Gasteiger partial charge is 0.272 e. The number of H-pyrrole nitrogens is 1. The van der Waals surface area contributed by atoms with Gasteiger partial charge in [-0.15, -0.1) is 6.58 Å². The molecule has 15 heavy (non-hydrogen) atoms. The number of fused-ring (bicyclic) bond motifs is 1. The zero-order chi connectivity index (χ0) is 10.7. The minimum Gasteiger partial charge on any atom is -0.347 e. The summed E-state index contributed by atoms with van der Waals surface area (Å²) < 4.78 is 0. The van der Waals surface area contributed by atoms with Gasteiger partial charge in [0.2, 0.25) is 0 Å². The first kappa shape index (κ1) is 9.45. The van der Waals surface area contributed by atoms with Gasteiger partial charge in [0, 0.05) is 11.9 Å². The molecule has 1 amide bonds. The van der Waals surface area contributed by atoms with Crippen molar-refractivity contribution in [2.75, 3.05) is 6.54 Å². The number of rotatable bonds is 3. The molecule has 0 aliphatic carbocycles. The molecule has 4 heteroatoms. The molecule has 0 aliphatic rings. The van der Waals surface area contributed by atoms with Crippen LogP contribution >= 0.6 is 0 Å². The summed E-state index contributed by atoms with van der Waals surface area (Å²) in [5.41, 5.74) is 1.29. The van der Waals surface area contributed by atoms with E-state index < -0.39 is 0 Å². The Balaban J connectivity index is 2.35.